The Morgan fingerprint density at radius 3 is 2.55 bits per heavy atom. The van der Waals surface area contributed by atoms with Gasteiger partial charge in [-0.15, -0.1) is 0 Å². The molecule has 0 amide bonds. The molecule has 2 heterocycles. The van der Waals surface area contributed by atoms with Crippen LogP contribution in [-0.4, -0.2) is 32.6 Å². The van der Waals surface area contributed by atoms with Gasteiger partial charge >= 0.3 is 0 Å². The van der Waals surface area contributed by atoms with Crippen molar-refractivity contribution in [3.63, 3.8) is 0 Å². The quantitative estimate of drug-likeness (QED) is 0.327. The van der Waals surface area contributed by atoms with Crippen molar-refractivity contribution >= 4 is 12.0 Å². The predicted molar refractivity (Wildman–Crippen MR) is 116 cm³/mol. The standard InChI is InChI=1S/C22H28N6O/c1-5-6-7-12-29-20-10-8-19(9-11-20)15-23-26-21-14-22(25-18(4)24-21)28-17(3)13-16(2)27-28/h8-11,13-15H,5-7,12H2,1-4H3,(H,24,25,26). The maximum atomic E-state index is 5.73. The zero-order valence-corrected chi connectivity index (χ0v) is 17.5. The van der Waals surface area contributed by atoms with Gasteiger partial charge in [-0.25, -0.2) is 14.6 Å². The number of rotatable bonds is 9. The molecule has 0 radical (unpaired) electrons. The molecule has 3 rings (SSSR count). The third kappa shape index (κ3) is 5.88. The molecular formula is C22H28N6O. The Bertz CT molecular complexity index is 962. The molecule has 0 fully saturated rings. The van der Waals surface area contributed by atoms with Gasteiger partial charge in [0.05, 0.1) is 18.5 Å². The first-order valence-corrected chi connectivity index (χ1v) is 9.96. The van der Waals surface area contributed by atoms with Gasteiger partial charge < -0.3 is 4.74 Å². The van der Waals surface area contributed by atoms with E-state index in [0.29, 0.717) is 17.5 Å². The van der Waals surface area contributed by atoms with Crippen molar-refractivity contribution in [2.75, 3.05) is 12.0 Å². The number of benzene rings is 1. The van der Waals surface area contributed by atoms with Gasteiger partial charge in [0.2, 0.25) is 0 Å². The molecule has 7 nitrogen and oxygen atoms in total. The molecule has 1 N–H and O–H groups in total. The summed E-state index contributed by atoms with van der Waals surface area (Å²) in [6.45, 7) is 8.75. The van der Waals surface area contributed by atoms with Gasteiger partial charge in [0.25, 0.3) is 0 Å². The second-order valence-electron chi connectivity index (χ2n) is 6.99. The summed E-state index contributed by atoms with van der Waals surface area (Å²) >= 11 is 0. The number of nitrogens with one attached hydrogen (secondary N) is 1. The number of aromatic nitrogens is 4. The van der Waals surface area contributed by atoms with E-state index < -0.39 is 0 Å². The summed E-state index contributed by atoms with van der Waals surface area (Å²) < 4.78 is 7.53. The summed E-state index contributed by atoms with van der Waals surface area (Å²) in [6, 6.07) is 11.7. The first kappa shape index (κ1) is 20.5. The van der Waals surface area contributed by atoms with Crippen LogP contribution in [0.25, 0.3) is 5.82 Å². The lowest BCUT2D eigenvalue weighted by Crippen LogP contribution is -2.06. The summed E-state index contributed by atoms with van der Waals surface area (Å²) in [4.78, 5) is 8.87. The number of ether oxygens (including phenoxy) is 1. The highest BCUT2D eigenvalue weighted by atomic mass is 16.5. The molecule has 29 heavy (non-hydrogen) atoms. The van der Waals surface area contributed by atoms with E-state index in [1.807, 2.05) is 57.2 Å². The van der Waals surface area contributed by atoms with E-state index in [4.69, 9.17) is 4.74 Å². The number of hydrazone groups is 1. The molecular weight excluding hydrogens is 364 g/mol. The van der Waals surface area contributed by atoms with Crippen LogP contribution in [0.15, 0.2) is 41.5 Å². The maximum absolute atomic E-state index is 5.73. The SMILES string of the molecule is CCCCCOc1ccc(C=NNc2cc(-n3nc(C)cc3C)nc(C)n2)cc1. The molecule has 0 aliphatic rings. The number of unbranched alkanes of at least 4 members (excludes halogenated alkanes) is 2. The van der Waals surface area contributed by atoms with Crippen molar-refractivity contribution in [1.82, 2.24) is 19.7 Å². The van der Waals surface area contributed by atoms with E-state index >= 15 is 0 Å². The third-order valence-electron chi connectivity index (χ3n) is 4.34. The van der Waals surface area contributed by atoms with Crippen molar-refractivity contribution in [2.24, 2.45) is 5.10 Å². The highest BCUT2D eigenvalue weighted by molar-refractivity contribution is 5.80. The van der Waals surface area contributed by atoms with Crippen molar-refractivity contribution in [1.29, 1.82) is 0 Å². The predicted octanol–water partition coefficient (Wildman–Crippen LogP) is 4.60. The first-order valence-electron chi connectivity index (χ1n) is 9.96. The molecule has 0 bridgehead atoms. The molecule has 0 saturated heterocycles. The molecule has 0 saturated carbocycles. The van der Waals surface area contributed by atoms with Crippen LogP contribution < -0.4 is 10.2 Å². The summed E-state index contributed by atoms with van der Waals surface area (Å²) in [5, 5.41) is 8.77. The zero-order valence-electron chi connectivity index (χ0n) is 17.5. The van der Waals surface area contributed by atoms with Crippen molar-refractivity contribution in [3.05, 3.63) is 59.2 Å². The number of hydrogen-bond acceptors (Lipinski definition) is 6. The maximum Gasteiger partial charge on any atom is 0.159 e. The fraction of sp³-hybridized carbons (Fsp3) is 0.364. The van der Waals surface area contributed by atoms with Gasteiger partial charge in [-0.3, -0.25) is 5.43 Å². The summed E-state index contributed by atoms with van der Waals surface area (Å²) in [6.07, 6.45) is 5.23. The Balaban J connectivity index is 1.62. The molecule has 1 aromatic carbocycles. The van der Waals surface area contributed by atoms with E-state index in [1.165, 1.54) is 12.8 Å². The minimum Gasteiger partial charge on any atom is -0.494 e. The minimum absolute atomic E-state index is 0.618. The van der Waals surface area contributed by atoms with Crippen LogP contribution in [0.3, 0.4) is 0 Å². The Labute approximate surface area is 171 Å². The lowest BCUT2D eigenvalue weighted by atomic mass is 10.2. The van der Waals surface area contributed by atoms with Gasteiger partial charge in [0, 0.05) is 11.8 Å². The molecule has 0 spiro atoms. The van der Waals surface area contributed by atoms with Crippen LogP contribution in [0.4, 0.5) is 5.82 Å². The van der Waals surface area contributed by atoms with Crippen LogP contribution >= 0.6 is 0 Å². The summed E-state index contributed by atoms with van der Waals surface area (Å²) in [5.41, 5.74) is 5.92. The van der Waals surface area contributed by atoms with Crippen LogP contribution in [0, 0.1) is 20.8 Å². The van der Waals surface area contributed by atoms with Gasteiger partial charge in [0.1, 0.15) is 11.6 Å². The fourth-order valence-electron chi connectivity index (χ4n) is 2.94. The smallest absolute Gasteiger partial charge is 0.159 e. The average molecular weight is 393 g/mol. The summed E-state index contributed by atoms with van der Waals surface area (Å²) in [7, 11) is 0. The van der Waals surface area contributed by atoms with Crippen LogP contribution in [0.1, 0.15) is 49.0 Å². The Morgan fingerprint density at radius 1 is 1.07 bits per heavy atom. The largest absolute Gasteiger partial charge is 0.494 e. The van der Waals surface area contributed by atoms with Crippen molar-refractivity contribution in [3.8, 4) is 11.6 Å². The molecule has 152 valence electrons. The third-order valence-corrected chi connectivity index (χ3v) is 4.34. The molecule has 0 unspecified atom stereocenters. The minimum atomic E-state index is 0.618. The van der Waals surface area contributed by atoms with E-state index in [2.05, 4.69) is 32.5 Å². The van der Waals surface area contributed by atoms with Crippen LogP contribution in [0.5, 0.6) is 5.75 Å². The highest BCUT2D eigenvalue weighted by Crippen LogP contribution is 2.15. The highest BCUT2D eigenvalue weighted by Gasteiger charge is 2.08. The number of anilines is 1. The van der Waals surface area contributed by atoms with Crippen LogP contribution in [0.2, 0.25) is 0 Å². The van der Waals surface area contributed by atoms with Gasteiger partial charge in [-0.2, -0.15) is 10.2 Å². The molecule has 0 aliphatic carbocycles. The van der Waals surface area contributed by atoms with E-state index in [9.17, 15) is 0 Å². The lowest BCUT2D eigenvalue weighted by Gasteiger charge is -2.07. The normalized spacial score (nSPS) is 11.2. The monoisotopic (exact) mass is 392 g/mol. The zero-order chi connectivity index (χ0) is 20.6. The molecule has 3 aromatic rings. The van der Waals surface area contributed by atoms with Gasteiger partial charge in [0.15, 0.2) is 11.6 Å². The topological polar surface area (TPSA) is 77.2 Å². The van der Waals surface area contributed by atoms with Gasteiger partial charge in [-0.05, 0) is 63.1 Å². The first-order chi connectivity index (χ1) is 14.0. The van der Waals surface area contributed by atoms with E-state index in [1.54, 1.807) is 10.9 Å². The van der Waals surface area contributed by atoms with Crippen LogP contribution in [-0.2, 0) is 0 Å². The second kappa shape index (κ2) is 9.82. The van der Waals surface area contributed by atoms with Crippen molar-refractivity contribution < 1.29 is 4.74 Å². The average Bonchev–Trinajstić information content (AvgIpc) is 3.04. The molecule has 7 heteroatoms. The molecule has 0 atom stereocenters. The second-order valence-corrected chi connectivity index (χ2v) is 6.99. The molecule has 2 aromatic heterocycles. The summed E-state index contributed by atoms with van der Waals surface area (Å²) in [5.74, 6) is 2.86. The Hall–Kier alpha value is -3.22. The van der Waals surface area contributed by atoms with Gasteiger partial charge in [-0.1, -0.05) is 19.8 Å². The number of aryl methyl sites for hydroxylation is 3. The number of hydrogen-bond donors (Lipinski definition) is 1. The van der Waals surface area contributed by atoms with Crippen molar-refractivity contribution in [2.45, 2.75) is 47.0 Å². The lowest BCUT2D eigenvalue weighted by molar-refractivity contribution is 0.306. The van der Waals surface area contributed by atoms with E-state index in [-0.39, 0.29) is 0 Å². The Morgan fingerprint density at radius 2 is 1.86 bits per heavy atom. The van der Waals surface area contributed by atoms with E-state index in [0.717, 1.165) is 35.7 Å². The number of nitrogens with zero attached hydrogens (tertiary/aromatic N) is 5. The Kier molecular flexibility index (Phi) is 6.94. The fourth-order valence-corrected chi connectivity index (χ4v) is 2.94. The molecule has 0 aliphatic heterocycles.